The van der Waals surface area contributed by atoms with Crippen LogP contribution in [0.1, 0.15) is 15.9 Å². The second-order valence-corrected chi connectivity index (χ2v) is 7.77. The molecule has 0 fully saturated rings. The van der Waals surface area contributed by atoms with E-state index in [0.29, 0.717) is 21.4 Å². The number of aromatic nitrogens is 2. The molecule has 0 aliphatic heterocycles. The molecule has 3 aromatic rings. The summed E-state index contributed by atoms with van der Waals surface area (Å²) in [7, 11) is 0. The average molecular weight is 459 g/mol. The Balaban J connectivity index is 1.78. The van der Waals surface area contributed by atoms with Crippen molar-refractivity contribution in [2.75, 3.05) is 5.32 Å². The molecule has 0 aliphatic rings. The third kappa shape index (κ3) is 3.70. The minimum atomic E-state index is -0.285. The monoisotopic (exact) mass is 457 g/mol. The highest BCUT2D eigenvalue weighted by molar-refractivity contribution is 9.11. The third-order valence-electron chi connectivity index (χ3n) is 3.10. The Morgan fingerprint density at radius 2 is 2.09 bits per heavy atom. The lowest BCUT2D eigenvalue weighted by molar-refractivity contribution is 0.102. The van der Waals surface area contributed by atoms with E-state index < -0.39 is 0 Å². The van der Waals surface area contributed by atoms with E-state index in [2.05, 4.69) is 42.3 Å². The van der Waals surface area contributed by atoms with E-state index in [0.717, 1.165) is 3.79 Å². The van der Waals surface area contributed by atoms with E-state index in [1.165, 1.54) is 17.4 Å². The Morgan fingerprint density at radius 1 is 1.30 bits per heavy atom. The summed E-state index contributed by atoms with van der Waals surface area (Å²) in [6.45, 7) is 0.281. The second kappa shape index (κ2) is 6.94. The maximum Gasteiger partial charge on any atom is 0.258 e. The topological polar surface area (TPSA) is 46.9 Å². The highest BCUT2D eigenvalue weighted by Crippen LogP contribution is 2.26. The summed E-state index contributed by atoms with van der Waals surface area (Å²) in [5, 5.41) is 8.85. The van der Waals surface area contributed by atoms with E-state index in [4.69, 9.17) is 0 Å². The van der Waals surface area contributed by atoms with Crippen LogP contribution in [-0.4, -0.2) is 15.7 Å². The number of halogens is 3. The number of amides is 1. The zero-order valence-electron chi connectivity index (χ0n) is 11.6. The molecule has 0 atom stereocenters. The maximum absolute atomic E-state index is 13.7. The molecule has 8 heteroatoms. The van der Waals surface area contributed by atoms with Crippen LogP contribution < -0.4 is 5.32 Å². The summed E-state index contributed by atoms with van der Waals surface area (Å²) in [5.74, 6) is -0.147. The number of carbonyl (C=O) groups is 1. The molecule has 23 heavy (non-hydrogen) atoms. The van der Waals surface area contributed by atoms with Crippen molar-refractivity contribution >= 4 is 54.9 Å². The number of benzene rings is 1. The second-order valence-electron chi connectivity index (χ2n) is 4.68. The fourth-order valence-electron chi connectivity index (χ4n) is 1.99. The molecule has 1 amide bonds. The average Bonchev–Trinajstić information content (AvgIpc) is 3.08. The molecule has 0 unspecified atom stereocenters. The number of carbonyl (C=O) groups excluding carboxylic acids is 1. The predicted molar refractivity (Wildman–Crippen MR) is 95.4 cm³/mol. The van der Waals surface area contributed by atoms with Gasteiger partial charge in [0, 0.05) is 11.8 Å². The van der Waals surface area contributed by atoms with Crippen LogP contribution in [0.5, 0.6) is 0 Å². The Bertz CT molecular complexity index is 862. The van der Waals surface area contributed by atoms with Crippen LogP contribution in [0.25, 0.3) is 0 Å². The Kier molecular flexibility index (Phi) is 4.93. The Labute approximate surface area is 152 Å². The lowest BCUT2D eigenvalue weighted by atomic mass is 10.2. The van der Waals surface area contributed by atoms with Gasteiger partial charge >= 0.3 is 0 Å². The highest BCUT2D eigenvalue weighted by Gasteiger charge is 2.15. The van der Waals surface area contributed by atoms with Crippen LogP contribution in [0.3, 0.4) is 0 Å². The molecule has 4 nitrogen and oxygen atoms in total. The van der Waals surface area contributed by atoms with Gasteiger partial charge in [-0.2, -0.15) is 5.10 Å². The Morgan fingerprint density at radius 3 is 2.78 bits per heavy atom. The van der Waals surface area contributed by atoms with E-state index >= 15 is 0 Å². The van der Waals surface area contributed by atoms with Gasteiger partial charge in [0.2, 0.25) is 0 Å². The fraction of sp³-hybridized carbons (Fsp3) is 0.0667. The van der Waals surface area contributed by atoms with Crippen molar-refractivity contribution < 1.29 is 9.18 Å². The zero-order valence-corrected chi connectivity index (χ0v) is 15.6. The number of thiophene rings is 1. The highest BCUT2D eigenvalue weighted by atomic mass is 79.9. The first kappa shape index (κ1) is 16.4. The quantitative estimate of drug-likeness (QED) is 0.603. The number of nitrogens with one attached hydrogen (secondary N) is 1. The lowest BCUT2D eigenvalue weighted by Gasteiger charge is -2.03. The molecule has 0 radical (unpaired) electrons. The fourth-order valence-corrected chi connectivity index (χ4v) is 3.66. The maximum atomic E-state index is 13.7. The molecule has 118 valence electrons. The largest absolute Gasteiger partial charge is 0.304 e. The number of nitrogens with zero attached hydrogens (tertiary/aromatic N) is 2. The molecule has 0 saturated heterocycles. The van der Waals surface area contributed by atoms with Gasteiger partial charge in [-0.1, -0.05) is 18.2 Å². The van der Waals surface area contributed by atoms with E-state index in [1.807, 2.05) is 5.38 Å². The Hall–Kier alpha value is -1.51. The van der Waals surface area contributed by atoms with Gasteiger partial charge in [-0.25, -0.2) is 4.39 Å². The predicted octanol–water partition coefficient (Wildman–Crippen LogP) is 4.91. The normalized spacial score (nSPS) is 10.7. The van der Waals surface area contributed by atoms with Crippen molar-refractivity contribution in [1.82, 2.24) is 9.78 Å². The number of hydrogen-bond acceptors (Lipinski definition) is 3. The molecule has 2 aromatic heterocycles. The van der Waals surface area contributed by atoms with E-state index in [-0.39, 0.29) is 18.3 Å². The minimum absolute atomic E-state index is 0.255. The van der Waals surface area contributed by atoms with Crippen molar-refractivity contribution in [2.24, 2.45) is 0 Å². The molecule has 1 N–H and O–H groups in total. The summed E-state index contributed by atoms with van der Waals surface area (Å²) < 4.78 is 16.7. The van der Waals surface area contributed by atoms with Crippen LogP contribution in [0.4, 0.5) is 10.2 Å². The van der Waals surface area contributed by atoms with Gasteiger partial charge in [0.05, 0.1) is 20.4 Å². The number of anilines is 1. The first-order valence-electron chi connectivity index (χ1n) is 6.55. The van der Waals surface area contributed by atoms with Gasteiger partial charge in [0.15, 0.2) is 5.82 Å². The summed E-state index contributed by atoms with van der Waals surface area (Å²) in [5.41, 5.74) is 1.08. The van der Waals surface area contributed by atoms with Crippen molar-refractivity contribution in [2.45, 2.75) is 6.54 Å². The van der Waals surface area contributed by atoms with Gasteiger partial charge in [-0.15, -0.1) is 11.3 Å². The van der Waals surface area contributed by atoms with Gasteiger partial charge in [-0.3, -0.25) is 9.48 Å². The van der Waals surface area contributed by atoms with Gasteiger partial charge in [0.1, 0.15) is 5.82 Å². The van der Waals surface area contributed by atoms with Gasteiger partial charge in [0.25, 0.3) is 5.91 Å². The summed E-state index contributed by atoms with van der Waals surface area (Å²) in [6.07, 6.45) is 1.70. The summed E-state index contributed by atoms with van der Waals surface area (Å²) >= 11 is 8.13. The standard InChI is InChI=1S/C15H10Br2FN3OS/c16-11-8-21(7-9-3-1-2-4-12(9)18)20-14(11)19-15(22)10-5-6-23-13(10)17/h1-6,8H,7H2,(H,19,20,22). The van der Waals surface area contributed by atoms with E-state index in [1.54, 1.807) is 35.1 Å². The van der Waals surface area contributed by atoms with Gasteiger partial charge in [-0.05, 0) is 49.4 Å². The summed E-state index contributed by atoms with van der Waals surface area (Å²) in [4.78, 5) is 12.2. The number of hydrogen-bond donors (Lipinski definition) is 1. The molecule has 0 spiro atoms. The first-order valence-corrected chi connectivity index (χ1v) is 9.02. The zero-order chi connectivity index (χ0) is 16.4. The summed E-state index contributed by atoms with van der Waals surface area (Å²) in [6, 6.07) is 8.25. The molecular weight excluding hydrogens is 449 g/mol. The van der Waals surface area contributed by atoms with Crippen molar-refractivity contribution in [1.29, 1.82) is 0 Å². The molecule has 2 heterocycles. The molecule has 0 bridgehead atoms. The van der Waals surface area contributed by atoms with Crippen molar-refractivity contribution in [3.63, 3.8) is 0 Å². The van der Waals surface area contributed by atoms with Crippen LogP contribution >= 0.6 is 43.2 Å². The van der Waals surface area contributed by atoms with Crippen LogP contribution in [0.15, 0.2) is 50.2 Å². The van der Waals surface area contributed by atoms with Crippen LogP contribution in [-0.2, 0) is 6.54 Å². The first-order chi connectivity index (χ1) is 11.0. The van der Waals surface area contributed by atoms with Crippen molar-refractivity contribution in [3.8, 4) is 0 Å². The van der Waals surface area contributed by atoms with E-state index in [9.17, 15) is 9.18 Å². The van der Waals surface area contributed by atoms with Crippen molar-refractivity contribution in [3.05, 3.63) is 67.1 Å². The molecule has 3 rings (SSSR count). The lowest BCUT2D eigenvalue weighted by Crippen LogP contribution is -2.13. The SMILES string of the molecule is O=C(Nc1nn(Cc2ccccc2F)cc1Br)c1ccsc1Br. The van der Waals surface area contributed by atoms with Crippen LogP contribution in [0, 0.1) is 5.82 Å². The molecule has 1 aromatic carbocycles. The minimum Gasteiger partial charge on any atom is -0.304 e. The molecule has 0 saturated carbocycles. The smallest absolute Gasteiger partial charge is 0.258 e. The third-order valence-corrected chi connectivity index (χ3v) is 5.37. The van der Waals surface area contributed by atoms with Gasteiger partial charge < -0.3 is 5.32 Å². The molecular formula is C15H10Br2FN3OS. The number of rotatable bonds is 4. The molecule has 0 aliphatic carbocycles. The van der Waals surface area contributed by atoms with Crippen LogP contribution in [0.2, 0.25) is 0 Å².